The first-order chi connectivity index (χ1) is 11.4. The standard InChI is InChI=1S/C15H10Cl3NO5/c16-11-5-4-9(19(21)22)8-10(11)15(20)24-7-6-23-14-12(17)2-1-3-13(14)18/h1-5,8H,6-7H2. The lowest BCUT2D eigenvalue weighted by atomic mass is 10.2. The first-order valence-electron chi connectivity index (χ1n) is 6.58. The Bertz CT molecular complexity index is 761. The first kappa shape index (κ1) is 18.3. The van der Waals surface area contributed by atoms with E-state index in [-0.39, 0.29) is 35.2 Å². The van der Waals surface area contributed by atoms with Crippen LogP contribution >= 0.6 is 34.8 Å². The van der Waals surface area contributed by atoms with Crippen molar-refractivity contribution in [3.05, 3.63) is 67.1 Å². The number of hydrogen-bond donors (Lipinski definition) is 0. The van der Waals surface area contributed by atoms with Gasteiger partial charge in [-0.25, -0.2) is 4.79 Å². The molecule has 0 spiro atoms. The highest BCUT2D eigenvalue weighted by Crippen LogP contribution is 2.32. The molecule has 0 atom stereocenters. The van der Waals surface area contributed by atoms with Crippen LogP contribution in [0.4, 0.5) is 5.69 Å². The van der Waals surface area contributed by atoms with Crippen LogP contribution in [0.3, 0.4) is 0 Å². The molecule has 0 bridgehead atoms. The Balaban J connectivity index is 1.94. The third kappa shape index (κ3) is 4.50. The Morgan fingerprint density at radius 2 is 1.71 bits per heavy atom. The van der Waals surface area contributed by atoms with Crippen molar-refractivity contribution >= 4 is 46.5 Å². The predicted molar refractivity (Wildman–Crippen MR) is 90.3 cm³/mol. The van der Waals surface area contributed by atoms with E-state index in [0.29, 0.717) is 10.0 Å². The molecule has 126 valence electrons. The minimum Gasteiger partial charge on any atom is -0.487 e. The SMILES string of the molecule is O=C(OCCOc1c(Cl)cccc1Cl)c1cc([N+](=O)[O-])ccc1Cl. The molecule has 2 aromatic carbocycles. The van der Waals surface area contributed by atoms with Gasteiger partial charge in [-0.2, -0.15) is 0 Å². The van der Waals surface area contributed by atoms with Gasteiger partial charge in [0.15, 0.2) is 5.75 Å². The van der Waals surface area contributed by atoms with Crippen molar-refractivity contribution in [1.82, 2.24) is 0 Å². The fraction of sp³-hybridized carbons (Fsp3) is 0.133. The molecule has 0 amide bonds. The summed E-state index contributed by atoms with van der Waals surface area (Å²) in [5.74, 6) is -0.511. The van der Waals surface area contributed by atoms with Gasteiger partial charge in [0.1, 0.15) is 13.2 Å². The van der Waals surface area contributed by atoms with E-state index in [9.17, 15) is 14.9 Å². The highest BCUT2D eigenvalue weighted by atomic mass is 35.5. The lowest BCUT2D eigenvalue weighted by Gasteiger charge is -2.10. The smallest absolute Gasteiger partial charge is 0.340 e. The maximum Gasteiger partial charge on any atom is 0.340 e. The van der Waals surface area contributed by atoms with Crippen molar-refractivity contribution in [3.8, 4) is 5.75 Å². The maximum atomic E-state index is 11.9. The Labute approximate surface area is 152 Å². The van der Waals surface area contributed by atoms with Crippen LogP contribution < -0.4 is 4.74 Å². The van der Waals surface area contributed by atoms with Gasteiger partial charge < -0.3 is 9.47 Å². The minimum absolute atomic E-state index is 0.00173. The lowest BCUT2D eigenvalue weighted by Crippen LogP contribution is -2.13. The molecular weight excluding hydrogens is 381 g/mol. The summed E-state index contributed by atoms with van der Waals surface area (Å²) in [7, 11) is 0. The molecule has 2 rings (SSSR count). The predicted octanol–water partition coefficient (Wildman–Crippen LogP) is 4.79. The molecule has 0 N–H and O–H groups in total. The average Bonchev–Trinajstić information content (AvgIpc) is 2.53. The summed E-state index contributed by atoms with van der Waals surface area (Å²) in [6.07, 6.45) is 0. The number of rotatable bonds is 6. The van der Waals surface area contributed by atoms with Gasteiger partial charge in [-0.05, 0) is 18.2 Å². The van der Waals surface area contributed by atoms with Gasteiger partial charge in [0.2, 0.25) is 0 Å². The highest BCUT2D eigenvalue weighted by Gasteiger charge is 2.17. The summed E-state index contributed by atoms with van der Waals surface area (Å²) in [4.78, 5) is 22.1. The van der Waals surface area contributed by atoms with Crippen molar-refractivity contribution < 1.29 is 19.2 Å². The van der Waals surface area contributed by atoms with Gasteiger partial charge in [-0.1, -0.05) is 40.9 Å². The monoisotopic (exact) mass is 389 g/mol. The summed E-state index contributed by atoms with van der Waals surface area (Å²) in [6.45, 7) is -0.110. The number of ether oxygens (including phenoxy) is 2. The summed E-state index contributed by atoms with van der Waals surface area (Å²) >= 11 is 17.7. The van der Waals surface area contributed by atoms with E-state index < -0.39 is 10.9 Å². The average molecular weight is 391 g/mol. The van der Waals surface area contributed by atoms with Crippen LogP contribution in [0, 0.1) is 10.1 Å². The second-order valence-electron chi connectivity index (χ2n) is 4.46. The number of esters is 1. The van der Waals surface area contributed by atoms with E-state index in [0.717, 1.165) is 6.07 Å². The molecule has 0 fully saturated rings. The third-order valence-corrected chi connectivity index (χ3v) is 3.79. The van der Waals surface area contributed by atoms with Crippen LogP contribution in [0.25, 0.3) is 0 Å². The summed E-state index contributed by atoms with van der Waals surface area (Å²) in [5.41, 5.74) is -0.355. The molecule has 0 heterocycles. The molecule has 0 aliphatic rings. The molecule has 0 radical (unpaired) electrons. The quantitative estimate of drug-likeness (QED) is 0.307. The Kier molecular flexibility index (Phi) is 6.25. The molecule has 6 nitrogen and oxygen atoms in total. The van der Waals surface area contributed by atoms with Crippen molar-refractivity contribution in [3.63, 3.8) is 0 Å². The van der Waals surface area contributed by atoms with Crippen LogP contribution in [0.15, 0.2) is 36.4 Å². The third-order valence-electron chi connectivity index (χ3n) is 2.86. The molecule has 0 saturated heterocycles. The molecule has 0 unspecified atom stereocenters. The second kappa shape index (κ2) is 8.19. The van der Waals surface area contributed by atoms with Gasteiger partial charge >= 0.3 is 5.97 Å². The molecule has 2 aromatic rings. The van der Waals surface area contributed by atoms with Crippen LogP contribution in [0.2, 0.25) is 15.1 Å². The first-order valence-corrected chi connectivity index (χ1v) is 7.71. The number of hydrogen-bond acceptors (Lipinski definition) is 5. The van der Waals surface area contributed by atoms with Gasteiger partial charge in [0.05, 0.1) is 25.6 Å². The number of nitro benzene ring substituents is 1. The Morgan fingerprint density at radius 1 is 1.04 bits per heavy atom. The van der Waals surface area contributed by atoms with Gasteiger partial charge in [0, 0.05) is 12.1 Å². The largest absolute Gasteiger partial charge is 0.487 e. The number of nitro groups is 1. The van der Waals surface area contributed by atoms with Crippen LogP contribution in [-0.4, -0.2) is 24.1 Å². The number of para-hydroxylation sites is 1. The zero-order chi connectivity index (χ0) is 17.7. The summed E-state index contributed by atoms with van der Waals surface area (Å²) in [6, 6.07) is 8.39. The molecule has 0 saturated carbocycles. The number of benzene rings is 2. The maximum absolute atomic E-state index is 11.9. The summed E-state index contributed by atoms with van der Waals surface area (Å²) in [5, 5.41) is 11.4. The fourth-order valence-corrected chi connectivity index (χ4v) is 2.46. The summed E-state index contributed by atoms with van der Waals surface area (Å²) < 4.78 is 10.4. The van der Waals surface area contributed by atoms with Crippen LogP contribution in [0.5, 0.6) is 5.75 Å². The number of non-ortho nitro benzene ring substituents is 1. The second-order valence-corrected chi connectivity index (χ2v) is 5.68. The van der Waals surface area contributed by atoms with Crippen molar-refractivity contribution in [1.29, 1.82) is 0 Å². The van der Waals surface area contributed by atoms with Crippen LogP contribution in [-0.2, 0) is 4.74 Å². The van der Waals surface area contributed by atoms with E-state index >= 15 is 0 Å². The normalized spacial score (nSPS) is 10.3. The zero-order valence-corrected chi connectivity index (χ0v) is 14.3. The van der Waals surface area contributed by atoms with Crippen molar-refractivity contribution in [2.75, 3.05) is 13.2 Å². The fourth-order valence-electron chi connectivity index (χ4n) is 1.76. The topological polar surface area (TPSA) is 78.7 Å². The molecule has 0 aromatic heterocycles. The molecule has 24 heavy (non-hydrogen) atoms. The Hall–Kier alpha value is -2.02. The van der Waals surface area contributed by atoms with Gasteiger partial charge in [0.25, 0.3) is 5.69 Å². The van der Waals surface area contributed by atoms with E-state index in [4.69, 9.17) is 44.3 Å². The zero-order valence-electron chi connectivity index (χ0n) is 12.0. The minimum atomic E-state index is -0.794. The van der Waals surface area contributed by atoms with Gasteiger partial charge in [-0.15, -0.1) is 0 Å². The van der Waals surface area contributed by atoms with E-state index in [1.54, 1.807) is 18.2 Å². The molecular formula is C15H10Cl3NO5. The van der Waals surface area contributed by atoms with Crippen molar-refractivity contribution in [2.24, 2.45) is 0 Å². The van der Waals surface area contributed by atoms with E-state index in [1.807, 2.05) is 0 Å². The molecule has 0 aliphatic heterocycles. The lowest BCUT2D eigenvalue weighted by molar-refractivity contribution is -0.384. The number of carbonyl (C=O) groups excluding carboxylic acids is 1. The van der Waals surface area contributed by atoms with Crippen molar-refractivity contribution in [2.45, 2.75) is 0 Å². The van der Waals surface area contributed by atoms with Gasteiger partial charge in [-0.3, -0.25) is 10.1 Å². The highest BCUT2D eigenvalue weighted by molar-refractivity contribution is 6.37. The van der Waals surface area contributed by atoms with E-state index in [1.165, 1.54) is 12.1 Å². The Morgan fingerprint density at radius 3 is 2.33 bits per heavy atom. The number of carbonyl (C=O) groups is 1. The molecule has 0 aliphatic carbocycles. The molecule has 9 heteroatoms. The van der Waals surface area contributed by atoms with Crippen LogP contribution in [0.1, 0.15) is 10.4 Å². The number of nitrogens with zero attached hydrogens (tertiary/aromatic N) is 1. The van der Waals surface area contributed by atoms with E-state index in [2.05, 4.69) is 0 Å². The number of halogens is 3.